The molecular formula is C25H19N3OS2. The average molecular weight is 442 g/mol. The first-order valence-electron chi connectivity index (χ1n) is 9.99. The Balaban J connectivity index is 1.60. The Morgan fingerprint density at radius 1 is 1.03 bits per heavy atom. The molecule has 0 spiro atoms. The molecule has 0 saturated heterocycles. The van der Waals surface area contributed by atoms with Crippen molar-refractivity contribution in [2.24, 2.45) is 0 Å². The molecule has 3 aromatic rings. The summed E-state index contributed by atoms with van der Waals surface area (Å²) in [4.78, 5) is 16.1. The van der Waals surface area contributed by atoms with Crippen molar-refractivity contribution in [3.05, 3.63) is 81.7 Å². The van der Waals surface area contributed by atoms with Gasteiger partial charge in [0.05, 0.1) is 5.56 Å². The van der Waals surface area contributed by atoms with Crippen molar-refractivity contribution in [1.29, 1.82) is 10.5 Å². The maximum absolute atomic E-state index is 12.9. The molecule has 0 radical (unpaired) electrons. The Kier molecular flexibility index (Phi) is 6.52. The van der Waals surface area contributed by atoms with Crippen LogP contribution in [0.2, 0.25) is 0 Å². The van der Waals surface area contributed by atoms with E-state index in [0.29, 0.717) is 10.6 Å². The van der Waals surface area contributed by atoms with Gasteiger partial charge in [0.1, 0.15) is 22.7 Å². The molecule has 0 aliphatic heterocycles. The van der Waals surface area contributed by atoms with Crippen LogP contribution >= 0.6 is 23.1 Å². The number of rotatable bonds is 5. The number of fused-ring (bicyclic) bond motifs is 1. The monoisotopic (exact) mass is 441 g/mol. The summed E-state index contributed by atoms with van der Waals surface area (Å²) < 4.78 is 0. The van der Waals surface area contributed by atoms with Crippen molar-refractivity contribution in [1.82, 2.24) is 0 Å². The largest absolute Gasteiger partial charge is 0.312 e. The number of nitriles is 2. The molecule has 0 bridgehead atoms. The number of nitrogens with zero attached hydrogens (tertiary/aromatic N) is 2. The predicted molar refractivity (Wildman–Crippen MR) is 125 cm³/mol. The van der Waals surface area contributed by atoms with Crippen LogP contribution in [-0.4, -0.2) is 5.91 Å². The lowest BCUT2D eigenvalue weighted by molar-refractivity contribution is -0.112. The lowest BCUT2D eigenvalue weighted by Crippen LogP contribution is -2.13. The number of benzene rings is 2. The Hall–Kier alpha value is -3.32. The van der Waals surface area contributed by atoms with E-state index in [0.717, 1.165) is 46.6 Å². The number of nitrogens with one attached hydrogen (secondary N) is 1. The summed E-state index contributed by atoms with van der Waals surface area (Å²) in [5.74, 6) is -0.489. The molecule has 0 fully saturated rings. The van der Waals surface area contributed by atoms with Gasteiger partial charge in [-0.1, -0.05) is 48.2 Å². The molecule has 6 heteroatoms. The van der Waals surface area contributed by atoms with Gasteiger partial charge in [0, 0.05) is 14.7 Å². The molecule has 1 aliphatic carbocycles. The van der Waals surface area contributed by atoms with Crippen LogP contribution in [0.1, 0.15) is 34.4 Å². The molecule has 0 atom stereocenters. The van der Waals surface area contributed by atoms with Gasteiger partial charge in [0.25, 0.3) is 5.91 Å². The van der Waals surface area contributed by atoms with Crippen molar-refractivity contribution < 1.29 is 4.79 Å². The van der Waals surface area contributed by atoms with Crippen LogP contribution in [0.5, 0.6) is 0 Å². The molecule has 0 saturated carbocycles. The lowest BCUT2D eigenvalue weighted by Gasteiger charge is -2.09. The van der Waals surface area contributed by atoms with Gasteiger partial charge in [0.15, 0.2) is 0 Å². The number of carbonyl (C=O) groups is 1. The van der Waals surface area contributed by atoms with Gasteiger partial charge in [-0.05, 0) is 61.1 Å². The highest BCUT2D eigenvalue weighted by Crippen LogP contribution is 2.38. The normalized spacial score (nSPS) is 13.0. The Morgan fingerprint density at radius 3 is 2.55 bits per heavy atom. The summed E-state index contributed by atoms with van der Waals surface area (Å²) in [6, 6.07) is 21.9. The van der Waals surface area contributed by atoms with Gasteiger partial charge in [-0.15, -0.1) is 11.3 Å². The van der Waals surface area contributed by atoms with E-state index in [4.69, 9.17) is 0 Å². The summed E-state index contributed by atoms with van der Waals surface area (Å²) >= 11 is 3.04. The number of carbonyl (C=O) groups excluding carboxylic acids is 1. The van der Waals surface area contributed by atoms with E-state index in [1.54, 1.807) is 17.8 Å². The molecule has 1 aromatic heterocycles. The molecule has 2 aromatic carbocycles. The zero-order valence-electron chi connectivity index (χ0n) is 16.7. The quantitative estimate of drug-likeness (QED) is 0.378. The van der Waals surface area contributed by atoms with Gasteiger partial charge in [-0.3, -0.25) is 4.79 Å². The standard InChI is InChI=1S/C25H19N3OS2/c26-15-18(14-17-8-4-6-12-22(17)30-19-9-2-1-3-10-19)24(29)28-25-21(16-27)20-11-5-7-13-23(20)31-25/h1-4,6,8-10,12,14H,5,7,11,13H2,(H,28,29)/b18-14-. The van der Waals surface area contributed by atoms with Gasteiger partial charge >= 0.3 is 0 Å². The fourth-order valence-electron chi connectivity index (χ4n) is 3.56. The Labute approximate surface area is 189 Å². The van der Waals surface area contributed by atoms with Crippen LogP contribution in [-0.2, 0) is 17.6 Å². The van der Waals surface area contributed by atoms with Crippen LogP contribution in [0.4, 0.5) is 5.00 Å². The minimum Gasteiger partial charge on any atom is -0.312 e. The zero-order chi connectivity index (χ0) is 21.6. The minimum absolute atomic E-state index is 0.0105. The number of hydrogen-bond donors (Lipinski definition) is 1. The average Bonchev–Trinajstić information content (AvgIpc) is 3.16. The van der Waals surface area contributed by atoms with E-state index in [2.05, 4.69) is 11.4 Å². The molecule has 1 N–H and O–H groups in total. The molecule has 4 nitrogen and oxygen atoms in total. The Morgan fingerprint density at radius 2 is 1.77 bits per heavy atom. The van der Waals surface area contributed by atoms with E-state index in [1.165, 1.54) is 16.2 Å². The zero-order valence-corrected chi connectivity index (χ0v) is 18.4. The minimum atomic E-state index is -0.489. The van der Waals surface area contributed by atoms with Gasteiger partial charge in [-0.25, -0.2) is 0 Å². The van der Waals surface area contributed by atoms with Gasteiger partial charge in [0.2, 0.25) is 0 Å². The number of thiophene rings is 1. The van der Waals surface area contributed by atoms with Crippen LogP contribution < -0.4 is 5.32 Å². The topological polar surface area (TPSA) is 76.7 Å². The van der Waals surface area contributed by atoms with E-state index in [9.17, 15) is 15.3 Å². The third-order valence-corrected chi connectivity index (χ3v) is 7.37. The number of amides is 1. The van der Waals surface area contributed by atoms with E-state index in [1.807, 2.05) is 60.7 Å². The first kappa shape index (κ1) is 20.9. The maximum atomic E-state index is 12.9. The fourth-order valence-corrected chi connectivity index (χ4v) is 5.73. The van der Waals surface area contributed by atoms with Crippen molar-refractivity contribution in [3.63, 3.8) is 0 Å². The van der Waals surface area contributed by atoms with Crippen LogP contribution in [0, 0.1) is 22.7 Å². The summed E-state index contributed by atoms with van der Waals surface area (Å²) in [7, 11) is 0. The second kappa shape index (κ2) is 9.66. The number of hydrogen-bond acceptors (Lipinski definition) is 5. The number of aryl methyl sites for hydroxylation is 1. The van der Waals surface area contributed by atoms with E-state index in [-0.39, 0.29) is 5.57 Å². The second-order valence-electron chi connectivity index (χ2n) is 7.10. The number of anilines is 1. The first-order chi connectivity index (χ1) is 15.2. The van der Waals surface area contributed by atoms with Crippen LogP contribution in [0.15, 0.2) is 70.0 Å². The smallest absolute Gasteiger partial charge is 0.266 e. The Bertz CT molecular complexity index is 1230. The molecule has 1 amide bonds. The molecule has 4 rings (SSSR count). The highest BCUT2D eigenvalue weighted by molar-refractivity contribution is 7.99. The van der Waals surface area contributed by atoms with Crippen LogP contribution in [0.3, 0.4) is 0 Å². The van der Waals surface area contributed by atoms with Crippen molar-refractivity contribution in [3.8, 4) is 12.1 Å². The molecule has 1 heterocycles. The predicted octanol–water partition coefficient (Wildman–Crippen LogP) is 6.20. The third-order valence-electron chi connectivity index (χ3n) is 5.07. The van der Waals surface area contributed by atoms with Crippen molar-refractivity contribution in [2.45, 2.75) is 35.5 Å². The highest BCUT2D eigenvalue weighted by atomic mass is 32.2. The third kappa shape index (κ3) is 4.72. The molecule has 31 heavy (non-hydrogen) atoms. The van der Waals surface area contributed by atoms with Crippen molar-refractivity contribution >= 4 is 40.1 Å². The molecular weight excluding hydrogens is 422 g/mol. The maximum Gasteiger partial charge on any atom is 0.266 e. The molecule has 1 aliphatic rings. The summed E-state index contributed by atoms with van der Waals surface area (Å²) in [6.07, 6.45) is 5.58. The summed E-state index contributed by atoms with van der Waals surface area (Å²) in [6.45, 7) is 0. The molecule has 152 valence electrons. The fraction of sp³-hybridized carbons (Fsp3) is 0.160. The highest BCUT2D eigenvalue weighted by Gasteiger charge is 2.22. The molecule has 0 unspecified atom stereocenters. The van der Waals surface area contributed by atoms with Gasteiger partial charge in [-0.2, -0.15) is 10.5 Å². The SMILES string of the molecule is N#C/C(=C/c1ccccc1Sc1ccccc1)C(=O)Nc1sc2c(c1C#N)CCCC2. The summed E-state index contributed by atoms with van der Waals surface area (Å²) in [5.41, 5.74) is 2.41. The lowest BCUT2D eigenvalue weighted by atomic mass is 9.96. The first-order valence-corrected chi connectivity index (χ1v) is 11.6. The van der Waals surface area contributed by atoms with Gasteiger partial charge < -0.3 is 5.32 Å². The van der Waals surface area contributed by atoms with E-state index < -0.39 is 5.91 Å². The summed E-state index contributed by atoms with van der Waals surface area (Å²) in [5, 5.41) is 22.6. The van der Waals surface area contributed by atoms with E-state index >= 15 is 0 Å². The second-order valence-corrected chi connectivity index (χ2v) is 9.32. The van der Waals surface area contributed by atoms with Crippen molar-refractivity contribution in [2.75, 3.05) is 5.32 Å². The van der Waals surface area contributed by atoms with Crippen LogP contribution in [0.25, 0.3) is 6.08 Å².